The van der Waals surface area contributed by atoms with E-state index in [4.69, 9.17) is 5.73 Å². The van der Waals surface area contributed by atoms with Gasteiger partial charge in [0.2, 0.25) is 0 Å². The van der Waals surface area contributed by atoms with Crippen LogP contribution < -0.4 is 5.73 Å². The van der Waals surface area contributed by atoms with Crippen LogP contribution in [0.5, 0.6) is 0 Å². The highest BCUT2D eigenvalue weighted by molar-refractivity contribution is 5.30. The van der Waals surface area contributed by atoms with Crippen LogP contribution in [0.1, 0.15) is 32.7 Å². The number of hydrogen-bond donors (Lipinski definition) is 1. The minimum Gasteiger partial charge on any atom is -0.396 e. The molecule has 0 spiro atoms. The molecular formula is C8H15N3. The average Bonchev–Trinajstić information content (AvgIpc) is 2.36. The van der Waals surface area contributed by atoms with E-state index in [0.29, 0.717) is 6.04 Å². The Morgan fingerprint density at radius 1 is 1.73 bits per heavy atom. The molecule has 2 N–H and O–H groups in total. The third kappa shape index (κ3) is 1.97. The summed E-state index contributed by atoms with van der Waals surface area (Å²) in [6.07, 6.45) is 5.90. The summed E-state index contributed by atoms with van der Waals surface area (Å²) in [5.41, 5.74) is 6.27. The van der Waals surface area contributed by atoms with Crippen LogP contribution >= 0.6 is 0 Å². The summed E-state index contributed by atoms with van der Waals surface area (Å²) in [7, 11) is 0. The molecular weight excluding hydrogens is 138 g/mol. The Balaban J connectivity index is 2.60. The van der Waals surface area contributed by atoms with Gasteiger partial charge in [0, 0.05) is 12.2 Å². The third-order valence-electron chi connectivity index (χ3n) is 1.78. The summed E-state index contributed by atoms with van der Waals surface area (Å²) < 4.78 is 1.92. The molecule has 0 saturated carbocycles. The van der Waals surface area contributed by atoms with Gasteiger partial charge in [0.1, 0.15) is 0 Å². The Bertz CT molecular complexity index is 217. The van der Waals surface area contributed by atoms with Crippen LogP contribution in [0.4, 0.5) is 5.69 Å². The van der Waals surface area contributed by atoms with Crippen molar-refractivity contribution in [3.8, 4) is 0 Å². The van der Waals surface area contributed by atoms with Crippen LogP contribution in [0.25, 0.3) is 0 Å². The van der Waals surface area contributed by atoms with E-state index in [9.17, 15) is 0 Å². The van der Waals surface area contributed by atoms with E-state index >= 15 is 0 Å². The van der Waals surface area contributed by atoms with E-state index in [1.165, 1.54) is 6.42 Å². The highest BCUT2D eigenvalue weighted by atomic mass is 15.3. The first kappa shape index (κ1) is 8.11. The molecule has 0 aromatic carbocycles. The van der Waals surface area contributed by atoms with Crippen molar-refractivity contribution in [2.24, 2.45) is 0 Å². The minimum atomic E-state index is 0.470. The van der Waals surface area contributed by atoms with Gasteiger partial charge in [-0.25, -0.2) is 0 Å². The Morgan fingerprint density at radius 2 is 2.45 bits per heavy atom. The van der Waals surface area contributed by atoms with Crippen LogP contribution in [-0.4, -0.2) is 9.78 Å². The second-order valence-electron chi connectivity index (χ2n) is 2.89. The lowest BCUT2D eigenvalue weighted by Crippen LogP contribution is -2.04. The van der Waals surface area contributed by atoms with Gasteiger partial charge >= 0.3 is 0 Å². The quantitative estimate of drug-likeness (QED) is 0.719. The van der Waals surface area contributed by atoms with Gasteiger partial charge in [0.05, 0.1) is 11.9 Å². The second kappa shape index (κ2) is 3.42. The first-order chi connectivity index (χ1) is 5.24. The predicted molar refractivity (Wildman–Crippen MR) is 46.3 cm³/mol. The summed E-state index contributed by atoms with van der Waals surface area (Å²) in [6, 6.07) is 0.470. The summed E-state index contributed by atoms with van der Waals surface area (Å²) in [5.74, 6) is 0. The second-order valence-corrected chi connectivity index (χ2v) is 2.89. The average molecular weight is 153 g/mol. The van der Waals surface area contributed by atoms with Crippen LogP contribution in [0.3, 0.4) is 0 Å². The molecule has 0 amide bonds. The first-order valence-corrected chi connectivity index (χ1v) is 4.03. The predicted octanol–water partition coefficient (Wildman–Crippen LogP) is 1.83. The fourth-order valence-corrected chi connectivity index (χ4v) is 1.14. The highest BCUT2D eigenvalue weighted by Crippen LogP contribution is 2.12. The zero-order valence-corrected chi connectivity index (χ0v) is 7.12. The largest absolute Gasteiger partial charge is 0.396 e. The number of hydrogen-bond acceptors (Lipinski definition) is 2. The van der Waals surface area contributed by atoms with Crippen LogP contribution in [0.15, 0.2) is 12.4 Å². The van der Waals surface area contributed by atoms with E-state index < -0.39 is 0 Å². The Morgan fingerprint density at radius 3 is 2.91 bits per heavy atom. The molecule has 0 aliphatic carbocycles. The molecule has 1 aromatic heterocycles. The molecule has 3 heteroatoms. The molecule has 0 aliphatic rings. The van der Waals surface area contributed by atoms with Gasteiger partial charge in [-0.15, -0.1) is 0 Å². The smallest absolute Gasteiger partial charge is 0.0719 e. The number of rotatable bonds is 3. The van der Waals surface area contributed by atoms with Crippen molar-refractivity contribution >= 4 is 5.69 Å². The summed E-state index contributed by atoms with van der Waals surface area (Å²) in [4.78, 5) is 0. The standard InChI is InChI=1S/C8H15N3/c1-3-4-7(2)11-6-8(9)5-10-11/h5-7H,3-4,9H2,1-2H3. The van der Waals surface area contributed by atoms with Gasteiger partial charge < -0.3 is 5.73 Å². The number of aromatic nitrogens is 2. The molecule has 0 saturated heterocycles. The van der Waals surface area contributed by atoms with E-state index in [1.54, 1.807) is 6.20 Å². The molecule has 1 aromatic rings. The lowest BCUT2D eigenvalue weighted by molar-refractivity contribution is 0.455. The van der Waals surface area contributed by atoms with E-state index in [0.717, 1.165) is 12.1 Å². The first-order valence-electron chi connectivity index (χ1n) is 4.03. The van der Waals surface area contributed by atoms with E-state index in [-0.39, 0.29) is 0 Å². The van der Waals surface area contributed by atoms with Crippen LogP contribution in [0, 0.1) is 0 Å². The Hall–Kier alpha value is -0.990. The van der Waals surface area contributed by atoms with Crippen molar-refractivity contribution in [2.45, 2.75) is 32.7 Å². The zero-order chi connectivity index (χ0) is 8.27. The number of anilines is 1. The van der Waals surface area contributed by atoms with Crippen molar-refractivity contribution in [1.29, 1.82) is 0 Å². The van der Waals surface area contributed by atoms with E-state index in [1.807, 2.05) is 10.9 Å². The molecule has 0 radical (unpaired) electrons. The molecule has 0 bridgehead atoms. The normalized spacial score (nSPS) is 13.3. The molecule has 3 nitrogen and oxygen atoms in total. The monoisotopic (exact) mass is 153 g/mol. The fraction of sp³-hybridized carbons (Fsp3) is 0.625. The Labute approximate surface area is 67.2 Å². The molecule has 0 aliphatic heterocycles. The summed E-state index contributed by atoms with van der Waals surface area (Å²) in [5, 5.41) is 4.13. The van der Waals surface area contributed by atoms with Crippen molar-refractivity contribution in [3.05, 3.63) is 12.4 Å². The summed E-state index contributed by atoms with van der Waals surface area (Å²) >= 11 is 0. The third-order valence-corrected chi connectivity index (χ3v) is 1.78. The number of nitrogen functional groups attached to an aromatic ring is 1. The SMILES string of the molecule is CCCC(C)n1cc(N)cn1. The van der Waals surface area contributed by atoms with Crippen molar-refractivity contribution in [2.75, 3.05) is 5.73 Å². The topological polar surface area (TPSA) is 43.8 Å². The maximum Gasteiger partial charge on any atom is 0.0719 e. The molecule has 62 valence electrons. The zero-order valence-electron chi connectivity index (χ0n) is 7.12. The molecule has 1 heterocycles. The van der Waals surface area contributed by atoms with Crippen molar-refractivity contribution < 1.29 is 0 Å². The molecule has 1 rings (SSSR count). The fourth-order valence-electron chi connectivity index (χ4n) is 1.14. The maximum atomic E-state index is 5.53. The minimum absolute atomic E-state index is 0.470. The lowest BCUT2D eigenvalue weighted by Gasteiger charge is -2.09. The van der Waals surface area contributed by atoms with Gasteiger partial charge in [-0.1, -0.05) is 13.3 Å². The van der Waals surface area contributed by atoms with Gasteiger partial charge in [-0.05, 0) is 13.3 Å². The van der Waals surface area contributed by atoms with Gasteiger partial charge in [0.25, 0.3) is 0 Å². The number of nitrogens with zero attached hydrogens (tertiary/aromatic N) is 2. The maximum absolute atomic E-state index is 5.53. The van der Waals surface area contributed by atoms with Crippen LogP contribution in [0.2, 0.25) is 0 Å². The number of nitrogens with two attached hydrogens (primary N) is 1. The molecule has 0 fully saturated rings. The highest BCUT2D eigenvalue weighted by Gasteiger charge is 2.02. The van der Waals surface area contributed by atoms with Gasteiger partial charge in [-0.2, -0.15) is 5.10 Å². The molecule has 11 heavy (non-hydrogen) atoms. The van der Waals surface area contributed by atoms with E-state index in [2.05, 4.69) is 18.9 Å². The Kier molecular flexibility index (Phi) is 2.52. The van der Waals surface area contributed by atoms with Gasteiger partial charge in [-0.3, -0.25) is 4.68 Å². The molecule has 1 unspecified atom stereocenters. The van der Waals surface area contributed by atoms with Crippen molar-refractivity contribution in [1.82, 2.24) is 9.78 Å². The van der Waals surface area contributed by atoms with Crippen molar-refractivity contribution in [3.63, 3.8) is 0 Å². The van der Waals surface area contributed by atoms with Crippen LogP contribution in [-0.2, 0) is 0 Å². The molecule has 1 atom stereocenters. The van der Waals surface area contributed by atoms with Gasteiger partial charge in [0.15, 0.2) is 0 Å². The lowest BCUT2D eigenvalue weighted by atomic mass is 10.2. The summed E-state index contributed by atoms with van der Waals surface area (Å²) in [6.45, 7) is 4.32.